The summed E-state index contributed by atoms with van der Waals surface area (Å²) >= 11 is 5.12. The molecule has 0 saturated carbocycles. The van der Waals surface area contributed by atoms with Gasteiger partial charge in [0.05, 0.1) is 0 Å². The van der Waals surface area contributed by atoms with E-state index in [2.05, 4.69) is 58.7 Å². The minimum Gasteiger partial charge on any atom is -0.324 e. The molecule has 0 atom stereocenters. The highest BCUT2D eigenvalue weighted by Gasteiger charge is 2.08. The van der Waals surface area contributed by atoms with E-state index in [9.17, 15) is 0 Å². The van der Waals surface area contributed by atoms with Gasteiger partial charge in [0.25, 0.3) is 0 Å². The molecule has 1 aliphatic heterocycles. The van der Waals surface area contributed by atoms with Crippen molar-refractivity contribution in [1.29, 1.82) is 0 Å². The van der Waals surface area contributed by atoms with Gasteiger partial charge in [-0.3, -0.25) is 4.98 Å². The third kappa shape index (κ3) is 3.09. The van der Waals surface area contributed by atoms with E-state index < -0.39 is 0 Å². The Morgan fingerprint density at radius 2 is 1.33 bits per heavy atom. The van der Waals surface area contributed by atoms with Crippen LogP contribution in [-0.2, 0) is 0 Å². The molecular formula is C18H16N2S. The predicted molar refractivity (Wildman–Crippen MR) is 92.4 cm³/mol. The van der Waals surface area contributed by atoms with Crippen molar-refractivity contribution in [2.24, 2.45) is 0 Å². The van der Waals surface area contributed by atoms with Crippen LogP contribution in [0.2, 0.25) is 0 Å². The number of allylic oxidation sites excluding steroid dienone is 8. The second-order valence-electron chi connectivity index (χ2n) is 5.13. The summed E-state index contributed by atoms with van der Waals surface area (Å²) in [5.41, 5.74) is 5.55. The van der Waals surface area contributed by atoms with Crippen molar-refractivity contribution in [1.82, 2.24) is 4.98 Å². The number of aryl methyl sites for hydroxylation is 2. The fourth-order valence-electron chi connectivity index (χ4n) is 2.40. The van der Waals surface area contributed by atoms with E-state index in [0.717, 1.165) is 21.9 Å². The molecule has 0 bridgehead atoms. The highest BCUT2D eigenvalue weighted by atomic mass is 32.1. The molecule has 2 nitrogen and oxygen atoms in total. The fraction of sp³-hybridized carbons (Fsp3) is 0.111. The zero-order valence-corrected chi connectivity index (χ0v) is 12.9. The number of nitrogens with zero attached hydrogens (tertiary/aromatic N) is 2. The molecule has 1 aromatic heterocycles. The van der Waals surface area contributed by atoms with Crippen molar-refractivity contribution in [2.75, 3.05) is 4.90 Å². The monoisotopic (exact) mass is 292 g/mol. The first-order valence-corrected chi connectivity index (χ1v) is 7.27. The molecule has 0 spiro atoms. The molecule has 1 aliphatic carbocycles. The van der Waals surface area contributed by atoms with Gasteiger partial charge >= 0.3 is 0 Å². The Bertz CT molecular complexity index is 694. The molecule has 3 rings (SSSR count). The molecule has 104 valence electrons. The van der Waals surface area contributed by atoms with Gasteiger partial charge in [-0.15, -0.1) is 0 Å². The third-order valence-electron chi connectivity index (χ3n) is 3.38. The van der Waals surface area contributed by atoms with E-state index in [1.165, 1.54) is 11.1 Å². The summed E-state index contributed by atoms with van der Waals surface area (Å²) in [5.74, 6) is 0. The Morgan fingerprint density at radius 3 is 1.90 bits per heavy atom. The molecule has 0 saturated heterocycles. The third-order valence-corrected chi connectivity index (χ3v) is 3.65. The summed E-state index contributed by atoms with van der Waals surface area (Å²) in [6.07, 6.45) is 16.4. The van der Waals surface area contributed by atoms with Crippen molar-refractivity contribution < 1.29 is 0 Å². The number of anilines is 1. The molecular weight excluding hydrogens is 276 g/mol. The minimum absolute atomic E-state index is 0.868. The predicted octanol–water partition coefficient (Wildman–Crippen LogP) is 4.34. The number of pyridine rings is 1. The lowest BCUT2D eigenvalue weighted by Gasteiger charge is -2.20. The number of aromatic nitrogens is 1. The largest absolute Gasteiger partial charge is 0.324 e. The summed E-state index contributed by atoms with van der Waals surface area (Å²) in [5, 5.41) is 0. The second-order valence-corrected chi connectivity index (χ2v) is 5.60. The molecule has 0 aromatic carbocycles. The zero-order chi connectivity index (χ0) is 14.8. The summed E-state index contributed by atoms with van der Waals surface area (Å²) < 4.78 is 0. The van der Waals surface area contributed by atoms with Crippen LogP contribution in [0.5, 0.6) is 0 Å². The van der Waals surface area contributed by atoms with Crippen molar-refractivity contribution in [3.8, 4) is 0 Å². The Kier molecular flexibility index (Phi) is 3.67. The van der Waals surface area contributed by atoms with E-state index in [1.807, 2.05) is 26.0 Å². The first-order valence-electron chi connectivity index (χ1n) is 6.86. The molecule has 2 aliphatic rings. The average molecular weight is 292 g/mol. The average Bonchev–Trinajstić information content (AvgIpc) is 2.47. The highest BCUT2D eigenvalue weighted by molar-refractivity contribution is 7.81. The first kappa shape index (κ1) is 13.7. The fourth-order valence-corrected chi connectivity index (χ4v) is 2.54. The Balaban J connectivity index is 1.86. The molecule has 3 heteroatoms. The van der Waals surface area contributed by atoms with E-state index in [-0.39, 0.29) is 0 Å². The standard InChI is InChI=1S/C18H16N2S/c1-13-11-17(12-14(2)19-13)20-9-7-16(8-10-20)15-3-5-18(21)6-4-15/h3-12H,1-2H3. The lowest BCUT2D eigenvalue weighted by atomic mass is 10.0. The maximum atomic E-state index is 5.12. The number of hydrogen-bond acceptors (Lipinski definition) is 3. The van der Waals surface area contributed by atoms with Gasteiger partial charge in [-0.2, -0.15) is 0 Å². The first-order chi connectivity index (χ1) is 10.1. The SMILES string of the molecule is Cc1cc(N2C=CC(=C3C=CC(=S)C=C3)C=C2)cc(C)n1. The van der Waals surface area contributed by atoms with Crippen molar-refractivity contribution in [3.63, 3.8) is 0 Å². The molecule has 2 heterocycles. The number of thiocarbonyl (C=S) groups is 1. The molecule has 0 amide bonds. The number of rotatable bonds is 1. The molecule has 0 fully saturated rings. The van der Waals surface area contributed by atoms with Crippen LogP contribution in [0.3, 0.4) is 0 Å². The van der Waals surface area contributed by atoms with Gasteiger partial charge in [0, 0.05) is 34.3 Å². The van der Waals surface area contributed by atoms with Crippen molar-refractivity contribution in [3.05, 3.63) is 83.5 Å². The van der Waals surface area contributed by atoms with Gasteiger partial charge in [0.1, 0.15) is 0 Å². The summed E-state index contributed by atoms with van der Waals surface area (Å²) in [6.45, 7) is 4.03. The Labute approximate surface area is 130 Å². The highest BCUT2D eigenvalue weighted by Crippen LogP contribution is 2.23. The van der Waals surface area contributed by atoms with Crippen LogP contribution in [-0.4, -0.2) is 9.85 Å². The van der Waals surface area contributed by atoms with Crippen molar-refractivity contribution >= 4 is 22.8 Å². The Hall–Kier alpha value is -2.26. The molecule has 0 unspecified atom stereocenters. The van der Waals surface area contributed by atoms with Gasteiger partial charge < -0.3 is 4.90 Å². The van der Waals surface area contributed by atoms with E-state index in [0.29, 0.717) is 0 Å². The number of hydrogen-bond donors (Lipinski definition) is 0. The molecule has 1 aromatic rings. The topological polar surface area (TPSA) is 16.1 Å². The van der Waals surface area contributed by atoms with Gasteiger partial charge in [0.15, 0.2) is 0 Å². The summed E-state index contributed by atoms with van der Waals surface area (Å²) in [4.78, 5) is 7.38. The van der Waals surface area contributed by atoms with Gasteiger partial charge in [-0.05, 0) is 61.4 Å². The van der Waals surface area contributed by atoms with Crippen LogP contribution in [0.1, 0.15) is 11.4 Å². The second kappa shape index (κ2) is 5.62. The summed E-state index contributed by atoms with van der Waals surface area (Å²) in [7, 11) is 0. The quantitative estimate of drug-likeness (QED) is 0.716. The van der Waals surface area contributed by atoms with Gasteiger partial charge in [0.2, 0.25) is 0 Å². The Morgan fingerprint density at radius 1 is 0.810 bits per heavy atom. The van der Waals surface area contributed by atoms with Crippen LogP contribution < -0.4 is 4.90 Å². The summed E-state index contributed by atoms with van der Waals surface area (Å²) in [6, 6.07) is 4.16. The van der Waals surface area contributed by atoms with Gasteiger partial charge in [-0.1, -0.05) is 24.4 Å². The molecule has 0 radical (unpaired) electrons. The van der Waals surface area contributed by atoms with E-state index in [1.54, 1.807) is 0 Å². The van der Waals surface area contributed by atoms with Gasteiger partial charge in [-0.25, -0.2) is 0 Å². The minimum atomic E-state index is 0.868. The lowest BCUT2D eigenvalue weighted by Crippen LogP contribution is -2.11. The maximum Gasteiger partial charge on any atom is 0.0485 e. The lowest BCUT2D eigenvalue weighted by molar-refractivity contribution is 1.10. The zero-order valence-electron chi connectivity index (χ0n) is 12.1. The normalized spacial score (nSPS) is 17.0. The van der Waals surface area contributed by atoms with Crippen molar-refractivity contribution in [2.45, 2.75) is 13.8 Å². The van der Waals surface area contributed by atoms with Crippen LogP contribution in [0.4, 0.5) is 5.69 Å². The smallest absolute Gasteiger partial charge is 0.0485 e. The van der Waals surface area contributed by atoms with Crippen LogP contribution in [0.15, 0.2) is 72.1 Å². The van der Waals surface area contributed by atoms with Crippen LogP contribution in [0, 0.1) is 13.8 Å². The molecule has 21 heavy (non-hydrogen) atoms. The van der Waals surface area contributed by atoms with E-state index >= 15 is 0 Å². The van der Waals surface area contributed by atoms with Crippen LogP contribution >= 0.6 is 12.2 Å². The maximum absolute atomic E-state index is 5.12. The van der Waals surface area contributed by atoms with Crippen LogP contribution in [0.25, 0.3) is 0 Å². The van der Waals surface area contributed by atoms with E-state index in [4.69, 9.17) is 12.2 Å². The molecule has 0 N–H and O–H groups in total.